The quantitative estimate of drug-likeness (QED) is 0.772. The van der Waals surface area contributed by atoms with Crippen LogP contribution >= 0.6 is 23.5 Å². The van der Waals surface area contributed by atoms with Gasteiger partial charge >= 0.3 is 5.97 Å². The summed E-state index contributed by atoms with van der Waals surface area (Å²) in [5.74, 6) is -0.425. The molecule has 0 aromatic carbocycles. The largest absolute Gasteiger partial charge is 0.481 e. The topological polar surface area (TPSA) is 66.7 Å². The Bertz CT molecular complexity index is 264. The standard InChI is InChI=1S/C7H9NO3S2/c1-2-12-7-8-6(11)4(13-7)3-5(9)10/h4H,2-3H2,1H3,(H,9,10). The zero-order valence-corrected chi connectivity index (χ0v) is 8.65. The van der Waals surface area contributed by atoms with Gasteiger partial charge in [-0.2, -0.15) is 4.99 Å². The highest BCUT2D eigenvalue weighted by Crippen LogP contribution is 2.30. The average molecular weight is 219 g/mol. The Morgan fingerprint density at radius 3 is 3.00 bits per heavy atom. The van der Waals surface area contributed by atoms with Crippen molar-refractivity contribution in [2.75, 3.05) is 5.75 Å². The van der Waals surface area contributed by atoms with E-state index in [2.05, 4.69) is 4.99 Å². The van der Waals surface area contributed by atoms with E-state index in [4.69, 9.17) is 5.11 Å². The molecule has 0 spiro atoms. The van der Waals surface area contributed by atoms with Gasteiger partial charge in [0.1, 0.15) is 9.63 Å². The van der Waals surface area contributed by atoms with E-state index < -0.39 is 11.2 Å². The molecule has 1 N–H and O–H groups in total. The van der Waals surface area contributed by atoms with Crippen LogP contribution in [0.4, 0.5) is 0 Å². The van der Waals surface area contributed by atoms with E-state index in [-0.39, 0.29) is 12.3 Å². The molecule has 6 heteroatoms. The van der Waals surface area contributed by atoms with Crippen molar-refractivity contribution in [2.24, 2.45) is 4.99 Å². The molecule has 0 aromatic rings. The van der Waals surface area contributed by atoms with Crippen LogP contribution in [0.2, 0.25) is 0 Å². The van der Waals surface area contributed by atoms with E-state index in [0.717, 1.165) is 5.75 Å². The number of aliphatic imine (C=N–C) groups is 1. The van der Waals surface area contributed by atoms with Gasteiger partial charge in [-0.15, -0.1) is 0 Å². The fraction of sp³-hybridized carbons (Fsp3) is 0.571. The van der Waals surface area contributed by atoms with E-state index >= 15 is 0 Å². The van der Waals surface area contributed by atoms with Crippen molar-refractivity contribution in [3.63, 3.8) is 0 Å². The highest BCUT2D eigenvalue weighted by Gasteiger charge is 2.30. The third kappa shape index (κ3) is 3.04. The average Bonchev–Trinajstić information content (AvgIpc) is 2.31. The van der Waals surface area contributed by atoms with Crippen molar-refractivity contribution in [1.82, 2.24) is 0 Å². The summed E-state index contributed by atoms with van der Waals surface area (Å²) in [5, 5.41) is 7.98. The Balaban J connectivity index is 2.49. The summed E-state index contributed by atoms with van der Waals surface area (Å²) in [6.07, 6.45) is -0.138. The lowest BCUT2D eigenvalue weighted by molar-refractivity contribution is -0.138. The molecule has 0 fully saturated rings. The summed E-state index contributed by atoms with van der Waals surface area (Å²) in [7, 11) is 0. The first kappa shape index (κ1) is 10.6. The molecule has 1 atom stereocenters. The SMILES string of the molecule is CCSC1=NC(=O)C(CC(=O)O)S1. The molecule has 0 saturated heterocycles. The van der Waals surface area contributed by atoms with Gasteiger partial charge < -0.3 is 5.11 Å². The maximum atomic E-state index is 11.1. The Morgan fingerprint density at radius 1 is 1.77 bits per heavy atom. The van der Waals surface area contributed by atoms with E-state index in [9.17, 15) is 9.59 Å². The maximum Gasteiger partial charge on any atom is 0.305 e. The van der Waals surface area contributed by atoms with Gasteiger partial charge in [0, 0.05) is 0 Å². The number of thioether (sulfide) groups is 2. The first-order valence-electron chi connectivity index (χ1n) is 3.77. The second-order valence-electron chi connectivity index (χ2n) is 2.35. The number of amides is 1. The van der Waals surface area contributed by atoms with Crippen LogP contribution in [0.15, 0.2) is 4.99 Å². The zero-order valence-electron chi connectivity index (χ0n) is 7.02. The van der Waals surface area contributed by atoms with Gasteiger partial charge in [-0.1, -0.05) is 30.4 Å². The van der Waals surface area contributed by atoms with Crippen LogP contribution in [0.25, 0.3) is 0 Å². The molecular formula is C7H9NO3S2. The van der Waals surface area contributed by atoms with Gasteiger partial charge in [0.15, 0.2) is 0 Å². The van der Waals surface area contributed by atoms with Crippen LogP contribution in [0.5, 0.6) is 0 Å². The van der Waals surface area contributed by atoms with Gasteiger partial charge in [0.2, 0.25) is 0 Å². The van der Waals surface area contributed by atoms with Crippen LogP contribution in [-0.4, -0.2) is 32.4 Å². The molecule has 0 bridgehead atoms. The van der Waals surface area contributed by atoms with Crippen LogP contribution < -0.4 is 0 Å². The number of hydrogen-bond acceptors (Lipinski definition) is 4. The molecule has 4 nitrogen and oxygen atoms in total. The van der Waals surface area contributed by atoms with E-state index in [1.165, 1.54) is 23.5 Å². The molecule has 0 radical (unpaired) electrons. The summed E-state index contributed by atoms with van der Waals surface area (Å²) in [5.41, 5.74) is 0. The maximum absolute atomic E-state index is 11.1. The first-order valence-corrected chi connectivity index (χ1v) is 5.63. The van der Waals surface area contributed by atoms with Gasteiger partial charge in [0.05, 0.1) is 6.42 Å². The Hall–Kier alpha value is -0.490. The summed E-state index contributed by atoms with van der Waals surface area (Å²) < 4.78 is 0.693. The van der Waals surface area contributed by atoms with Crippen LogP contribution in [0, 0.1) is 0 Å². The summed E-state index contributed by atoms with van der Waals surface area (Å²) in [6.45, 7) is 1.96. The number of rotatable bonds is 3. The lowest BCUT2D eigenvalue weighted by Crippen LogP contribution is -2.15. The Labute approximate surface area is 84.2 Å². The van der Waals surface area contributed by atoms with Gasteiger partial charge in [-0.05, 0) is 5.75 Å². The van der Waals surface area contributed by atoms with Crippen molar-refractivity contribution >= 4 is 39.8 Å². The molecule has 1 amide bonds. The molecule has 13 heavy (non-hydrogen) atoms. The Kier molecular flexibility index (Phi) is 3.80. The molecule has 0 saturated carbocycles. The number of carbonyl (C=O) groups excluding carboxylic acids is 1. The molecule has 1 unspecified atom stereocenters. The lowest BCUT2D eigenvalue weighted by Gasteiger charge is -2.00. The number of nitrogens with zero attached hydrogens (tertiary/aromatic N) is 1. The second kappa shape index (κ2) is 4.66. The van der Waals surface area contributed by atoms with Gasteiger partial charge in [-0.3, -0.25) is 9.59 Å². The minimum absolute atomic E-state index is 0.138. The fourth-order valence-electron chi connectivity index (χ4n) is 0.838. The third-order valence-electron chi connectivity index (χ3n) is 1.35. The number of carbonyl (C=O) groups is 2. The number of hydrogen-bond donors (Lipinski definition) is 1. The van der Waals surface area contributed by atoms with Crippen molar-refractivity contribution < 1.29 is 14.7 Å². The molecule has 0 aromatic heterocycles. The first-order chi connectivity index (χ1) is 6.13. The van der Waals surface area contributed by atoms with E-state index in [0.29, 0.717) is 4.38 Å². The van der Waals surface area contributed by atoms with Gasteiger partial charge in [0.25, 0.3) is 5.91 Å². The predicted molar refractivity (Wildman–Crippen MR) is 54.2 cm³/mol. The molecule has 1 aliphatic heterocycles. The van der Waals surface area contributed by atoms with Crippen LogP contribution in [0.1, 0.15) is 13.3 Å². The van der Waals surface area contributed by atoms with Gasteiger partial charge in [-0.25, -0.2) is 0 Å². The number of carboxylic acid groups (broad SMARTS) is 1. The van der Waals surface area contributed by atoms with E-state index in [1.54, 1.807) is 0 Å². The van der Waals surface area contributed by atoms with Crippen molar-refractivity contribution in [2.45, 2.75) is 18.6 Å². The molecule has 1 rings (SSSR count). The molecular weight excluding hydrogens is 210 g/mol. The lowest BCUT2D eigenvalue weighted by atomic mass is 10.3. The second-order valence-corrected chi connectivity index (χ2v) is 5.06. The predicted octanol–water partition coefficient (Wildman–Crippen LogP) is 1.21. The minimum atomic E-state index is -0.955. The van der Waals surface area contributed by atoms with Crippen molar-refractivity contribution in [3.8, 4) is 0 Å². The molecule has 0 aliphatic carbocycles. The highest BCUT2D eigenvalue weighted by molar-refractivity contribution is 8.39. The third-order valence-corrected chi connectivity index (χ3v) is 3.56. The fourth-order valence-corrected chi connectivity index (χ4v) is 2.98. The van der Waals surface area contributed by atoms with Crippen molar-refractivity contribution in [1.29, 1.82) is 0 Å². The highest BCUT2D eigenvalue weighted by atomic mass is 32.2. The summed E-state index contributed by atoms with van der Waals surface area (Å²) in [4.78, 5) is 25.2. The summed E-state index contributed by atoms with van der Waals surface area (Å²) >= 11 is 2.73. The molecule has 72 valence electrons. The Morgan fingerprint density at radius 2 is 2.46 bits per heavy atom. The summed E-state index contributed by atoms with van der Waals surface area (Å²) in [6, 6.07) is 0. The number of aliphatic carboxylic acids is 1. The van der Waals surface area contributed by atoms with Crippen LogP contribution in [-0.2, 0) is 9.59 Å². The molecule has 1 aliphatic rings. The normalized spacial score (nSPS) is 21.8. The smallest absolute Gasteiger partial charge is 0.305 e. The monoisotopic (exact) mass is 219 g/mol. The van der Waals surface area contributed by atoms with E-state index in [1.807, 2.05) is 6.92 Å². The zero-order chi connectivity index (χ0) is 9.84. The van der Waals surface area contributed by atoms with Crippen molar-refractivity contribution in [3.05, 3.63) is 0 Å². The number of carboxylic acids is 1. The van der Waals surface area contributed by atoms with Crippen LogP contribution in [0.3, 0.4) is 0 Å². The minimum Gasteiger partial charge on any atom is -0.481 e. The molecule has 1 heterocycles.